The van der Waals surface area contributed by atoms with Crippen LogP contribution in [-0.2, 0) is 4.79 Å². The molecule has 1 heterocycles. The molecule has 0 aromatic carbocycles. The molecule has 0 saturated heterocycles. The smallest absolute Gasteiger partial charge is 0.257 e. The van der Waals surface area contributed by atoms with E-state index >= 15 is 0 Å². The van der Waals surface area contributed by atoms with Gasteiger partial charge in [0.2, 0.25) is 0 Å². The van der Waals surface area contributed by atoms with Gasteiger partial charge in [-0.1, -0.05) is 5.21 Å². The summed E-state index contributed by atoms with van der Waals surface area (Å²) in [5.74, 6) is -0.541. The Hall–Kier alpha value is -1.17. The SMILES string of the molecule is NC(=O)C(Br)=Cn1ccnn1. The molecule has 5 nitrogen and oxygen atoms in total. The standard InChI is InChI=1S/C5H5BrN4O/c6-4(5(7)11)3-10-2-1-8-9-10/h1-3H,(H2,7,11). The van der Waals surface area contributed by atoms with Crippen LogP contribution in [0.2, 0.25) is 0 Å². The lowest BCUT2D eigenvalue weighted by Crippen LogP contribution is -2.10. The number of primary amides is 1. The summed E-state index contributed by atoms with van der Waals surface area (Å²) in [6.45, 7) is 0. The lowest BCUT2D eigenvalue weighted by Gasteiger charge is -1.90. The number of halogens is 1. The zero-order chi connectivity index (χ0) is 8.27. The van der Waals surface area contributed by atoms with E-state index in [-0.39, 0.29) is 4.48 Å². The van der Waals surface area contributed by atoms with Gasteiger partial charge < -0.3 is 5.73 Å². The van der Waals surface area contributed by atoms with E-state index in [9.17, 15) is 4.79 Å². The van der Waals surface area contributed by atoms with Gasteiger partial charge in [-0.05, 0) is 15.9 Å². The van der Waals surface area contributed by atoms with Gasteiger partial charge in [0.25, 0.3) is 5.91 Å². The van der Waals surface area contributed by atoms with Gasteiger partial charge in [0.15, 0.2) is 0 Å². The number of aromatic nitrogens is 3. The highest BCUT2D eigenvalue weighted by Gasteiger charge is 1.98. The maximum absolute atomic E-state index is 10.5. The van der Waals surface area contributed by atoms with Crippen molar-refractivity contribution in [2.24, 2.45) is 5.73 Å². The Morgan fingerprint density at radius 3 is 2.91 bits per heavy atom. The molecule has 0 unspecified atom stereocenters. The van der Waals surface area contributed by atoms with Gasteiger partial charge in [0, 0.05) is 6.20 Å². The third-order valence-corrected chi connectivity index (χ3v) is 1.52. The maximum Gasteiger partial charge on any atom is 0.257 e. The molecule has 0 aliphatic rings. The molecule has 1 rings (SSSR count). The summed E-state index contributed by atoms with van der Waals surface area (Å²) in [6, 6.07) is 0. The fourth-order valence-electron chi connectivity index (χ4n) is 0.466. The number of carbonyl (C=O) groups excluding carboxylic acids is 1. The fourth-order valence-corrected chi connectivity index (χ4v) is 0.676. The Bertz CT molecular complexity index is 279. The molecule has 0 radical (unpaired) electrons. The fraction of sp³-hybridized carbons (Fsp3) is 0. The second-order valence-electron chi connectivity index (χ2n) is 1.72. The number of hydrogen-bond acceptors (Lipinski definition) is 3. The number of nitrogens with zero attached hydrogens (tertiary/aromatic N) is 3. The molecular weight excluding hydrogens is 212 g/mol. The topological polar surface area (TPSA) is 73.8 Å². The second-order valence-corrected chi connectivity index (χ2v) is 2.58. The van der Waals surface area contributed by atoms with Crippen LogP contribution in [0, 0.1) is 0 Å². The molecule has 0 spiro atoms. The highest BCUT2D eigenvalue weighted by molar-refractivity contribution is 9.12. The zero-order valence-corrected chi connectivity index (χ0v) is 7.02. The molecule has 0 aliphatic carbocycles. The molecule has 0 bridgehead atoms. The van der Waals surface area contributed by atoms with E-state index in [1.165, 1.54) is 17.1 Å². The highest BCUT2D eigenvalue weighted by atomic mass is 79.9. The van der Waals surface area contributed by atoms with Crippen molar-refractivity contribution in [2.45, 2.75) is 0 Å². The lowest BCUT2D eigenvalue weighted by atomic mass is 10.6. The van der Waals surface area contributed by atoms with Gasteiger partial charge in [-0.25, -0.2) is 4.68 Å². The van der Waals surface area contributed by atoms with Crippen LogP contribution in [0.5, 0.6) is 0 Å². The van der Waals surface area contributed by atoms with Crippen molar-refractivity contribution in [1.82, 2.24) is 15.0 Å². The van der Waals surface area contributed by atoms with Crippen molar-refractivity contribution in [3.63, 3.8) is 0 Å². The molecule has 1 amide bonds. The predicted octanol–water partition coefficient (Wildman–Crippen LogP) is -0.0433. The van der Waals surface area contributed by atoms with E-state index in [1.807, 2.05) is 0 Å². The first-order valence-electron chi connectivity index (χ1n) is 2.73. The minimum atomic E-state index is -0.541. The number of nitrogens with two attached hydrogens (primary N) is 1. The van der Waals surface area contributed by atoms with Gasteiger partial charge in [-0.15, -0.1) is 5.10 Å². The molecule has 2 N–H and O–H groups in total. The molecule has 0 aliphatic heterocycles. The first kappa shape index (κ1) is 7.93. The van der Waals surface area contributed by atoms with Crippen LogP contribution in [-0.4, -0.2) is 20.9 Å². The van der Waals surface area contributed by atoms with Crippen molar-refractivity contribution in [3.05, 3.63) is 16.9 Å². The Labute approximate surface area is 71.0 Å². The monoisotopic (exact) mass is 216 g/mol. The number of amides is 1. The summed E-state index contributed by atoms with van der Waals surface area (Å²) in [6.07, 6.45) is 4.51. The van der Waals surface area contributed by atoms with Gasteiger partial charge in [0.1, 0.15) is 4.48 Å². The molecular formula is C5H5BrN4O. The average Bonchev–Trinajstić information content (AvgIpc) is 2.39. The first-order valence-corrected chi connectivity index (χ1v) is 3.52. The summed E-state index contributed by atoms with van der Waals surface area (Å²) in [5, 5.41) is 7.12. The highest BCUT2D eigenvalue weighted by Crippen LogP contribution is 2.03. The minimum Gasteiger partial charge on any atom is -0.365 e. The van der Waals surface area contributed by atoms with Gasteiger partial charge >= 0.3 is 0 Å². The second kappa shape index (κ2) is 3.29. The molecule has 1 aromatic heterocycles. The van der Waals surface area contributed by atoms with Crippen LogP contribution in [0.15, 0.2) is 16.9 Å². The summed E-state index contributed by atoms with van der Waals surface area (Å²) < 4.78 is 1.62. The van der Waals surface area contributed by atoms with Crippen LogP contribution >= 0.6 is 15.9 Å². The third-order valence-electron chi connectivity index (χ3n) is 0.922. The van der Waals surface area contributed by atoms with E-state index in [0.717, 1.165) is 0 Å². The maximum atomic E-state index is 10.5. The molecule has 0 fully saturated rings. The van der Waals surface area contributed by atoms with Crippen molar-refractivity contribution in [2.75, 3.05) is 0 Å². The van der Waals surface area contributed by atoms with Crippen LogP contribution < -0.4 is 5.73 Å². The molecule has 11 heavy (non-hydrogen) atoms. The normalized spacial score (nSPS) is 11.5. The average molecular weight is 217 g/mol. The van der Waals surface area contributed by atoms with Crippen molar-refractivity contribution >= 4 is 28.0 Å². The quantitative estimate of drug-likeness (QED) is 0.706. The van der Waals surface area contributed by atoms with Crippen LogP contribution in [0.25, 0.3) is 6.20 Å². The van der Waals surface area contributed by atoms with Crippen LogP contribution in [0.4, 0.5) is 0 Å². The summed E-state index contributed by atoms with van der Waals surface area (Å²) in [4.78, 5) is 10.5. The number of hydrogen-bond donors (Lipinski definition) is 1. The van der Waals surface area contributed by atoms with E-state index < -0.39 is 5.91 Å². The predicted molar refractivity (Wildman–Crippen MR) is 42.4 cm³/mol. The van der Waals surface area contributed by atoms with E-state index in [1.54, 1.807) is 6.20 Å². The Morgan fingerprint density at radius 2 is 2.45 bits per heavy atom. The van der Waals surface area contributed by atoms with E-state index in [4.69, 9.17) is 5.73 Å². The summed E-state index contributed by atoms with van der Waals surface area (Å²) in [7, 11) is 0. The Balaban J connectivity index is 2.82. The third kappa shape index (κ3) is 2.15. The van der Waals surface area contributed by atoms with Crippen LogP contribution in [0.3, 0.4) is 0 Å². The van der Waals surface area contributed by atoms with E-state index in [0.29, 0.717) is 0 Å². The van der Waals surface area contributed by atoms with Crippen molar-refractivity contribution < 1.29 is 4.79 Å². The molecule has 0 atom stereocenters. The Morgan fingerprint density at radius 1 is 1.73 bits per heavy atom. The number of carbonyl (C=O) groups is 1. The van der Waals surface area contributed by atoms with Crippen molar-refractivity contribution in [1.29, 1.82) is 0 Å². The van der Waals surface area contributed by atoms with Crippen molar-refractivity contribution in [3.8, 4) is 0 Å². The summed E-state index contributed by atoms with van der Waals surface area (Å²) >= 11 is 2.96. The molecule has 1 aromatic rings. The Kier molecular flexibility index (Phi) is 2.37. The molecule has 58 valence electrons. The first-order chi connectivity index (χ1) is 5.20. The van der Waals surface area contributed by atoms with Gasteiger partial charge in [-0.3, -0.25) is 4.79 Å². The van der Waals surface area contributed by atoms with Gasteiger partial charge in [0.05, 0.1) is 12.4 Å². The lowest BCUT2D eigenvalue weighted by molar-refractivity contribution is -0.113. The van der Waals surface area contributed by atoms with E-state index in [2.05, 4.69) is 26.2 Å². The largest absolute Gasteiger partial charge is 0.365 e. The molecule has 0 saturated carbocycles. The minimum absolute atomic E-state index is 0.253. The molecule has 6 heteroatoms. The van der Waals surface area contributed by atoms with Gasteiger partial charge in [-0.2, -0.15) is 0 Å². The zero-order valence-electron chi connectivity index (χ0n) is 5.44. The number of rotatable bonds is 2. The van der Waals surface area contributed by atoms with Crippen LogP contribution in [0.1, 0.15) is 0 Å². The summed E-state index contributed by atoms with van der Waals surface area (Å²) in [5.41, 5.74) is 4.94.